The van der Waals surface area contributed by atoms with Gasteiger partial charge in [0, 0.05) is 5.56 Å². The molecule has 0 bridgehead atoms. The number of carboxylic acids is 1. The third-order valence-electron chi connectivity index (χ3n) is 3.06. The first-order chi connectivity index (χ1) is 10.5. The molecule has 1 aromatic carbocycles. The SMILES string of the molecule is CCOC(=O)/C(C#N)=C1\C(=O)N(CC(=O)O)c2ccccc21. The lowest BCUT2D eigenvalue weighted by Crippen LogP contribution is -2.32. The molecule has 1 aromatic rings. The number of carboxylic acid groups (broad SMARTS) is 1. The molecular formula is C15H12N2O5. The molecule has 0 aromatic heterocycles. The molecule has 1 amide bonds. The number of nitrogens with zero attached hydrogens (tertiary/aromatic N) is 2. The molecule has 0 atom stereocenters. The Morgan fingerprint density at radius 2 is 2.05 bits per heavy atom. The van der Waals surface area contributed by atoms with Crippen molar-refractivity contribution in [3.8, 4) is 6.07 Å². The number of rotatable bonds is 4. The van der Waals surface area contributed by atoms with Crippen LogP contribution in [-0.2, 0) is 19.1 Å². The number of aliphatic carboxylic acids is 1. The Bertz CT molecular complexity index is 730. The Morgan fingerprint density at radius 1 is 1.36 bits per heavy atom. The zero-order valence-electron chi connectivity index (χ0n) is 11.7. The monoisotopic (exact) mass is 300 g/mol. The summed E-state index contributed by atoms with van der Waals surface area (Å²) in [5.41, 5.74) is 0.144. The number of esters is 1. The first-order valence-electron chi connectivity index (χ1n) is 6.45. The van der Waals surface area contributed by atoms with Crippen LogP contribution in [0.5, 0.6) is 0 Å². The van der Waals surface area contributed by atoms with E-state index in [0.717, 1.165) is 4.90 Å². The third-order valence-corrected chi connectivity index (χ3v) is 3.06. The van der Waals surface area contributed by atoms with Crippen molar-refractivity contribution in [2.75, 3.05) is 18.1 Å². The number of benzene rings is 1. The fourth-order valence-corrected chi connectivity index (χ4v) is 2.22. The number of ether oxygens (including phenoxy) is 1. The van der Waals surface area contributed by atoms with Crippen LogP contribution in [0.25, 0.3) is 5.57 Å². The maximum atomic E-state index is 12.5. The lowest BCUT2D eigenvalue weighted by atomic mass is 10.0. The zero-order chi connectivity index (χ0) is 16.3. The lowest BCUT2D eigenvalue weighted by molar-refractivity contribution is -0.138. The van der Waals surface area contributed by atoms with Crippen molar-refractivity contribution < 1.29 is 24.2 Å². The number of hydrogen-bond donors (Lipinski definition) is 1. The van der Waals surface area contributed by atoms with Gasteiger partial charge in [-0.3, -0.25) is 14.5 Å². The minimum Gasteiger partial charge on any atom is -0.480 e. The van der Waals surface area contributed by atoms with E-state index in [1.54, 1.807) is 37.3 Å². The molecule has 0 unspecified atom stereocenters. The Morgan fingerprint density at radius 3 is 2.64 bits per heavy atom. The van der Waals surface area contributed by atoms with Crippen LogP contribution < -0.4 is 4.90 Å². The second-order valence-electron chi connectivity index (χ2n) is 4.38. The van der Waals surface area contributed by atoms with E-state index in [9.17, 15) is 19.6 Å². The number of hydrogen-bond acceptors (Lipinski definition) is 5. The van der Waals surface area contributed by atoms with Gasteiger partial charge < -0.3 is 9.84 Å². The van der Waals surface area contributed by atoms with Gasteiger partial charge in [0.2, 0.25) is 0 Å². The van der Waals surface area contributed by atoms with Gasteiger partial charge >= 0.3 is 11.9 Å². The highest BCUT2D eigenvalue weighted by molar-refractivity contribution is 6.37. The molecule has 7 nitrogen and oxygen atoms in total. The third kappa shape index (κ3) is 2.54. The molecule has 1 heterocycles. The van der Waals surface area contributed by atoms with Crippen LogP contribution in [0.3, 0.4) is 0 Å². The highest BCUT2D eigenvalue weighted by Gasteiger charge is 2.37. The number of amides is 1. The molecule has 1 N–H and O–H groups in total. The molecule has 0 saturated carbocycles. The maximum absolute atomic E-state index is 12.5. The average Bonchev–Trinajstić information content (AvgIpc) is 2.74. The van der Waals surface area contributed by atoms with Gasteiger partial charge in [0.1, 0.15) is 12.6 Å². The Hall–Kier alpha value is -3.14. The molecule has 0 saturated heterocycles. The van der Waals surface area contributed by atoms with E-state index in [1.165, 1.54) is 0 Å². The molecule has 0 aliphatic carbocycles. The Labute approximate surface area is 126 Å². The largest absolute Gasteiger partial charge is 0.480 e. The van der Waals surface area contributed by atoms with Crippen molar-refractivity contribution in [3.05, 3.63) is 35.4 Å². The summed E-state index contributed by atoms with van der Waals surface area (Å²) in [7, 11) is 0. The van der Waals surface area contributed by atoms with Gasteiger partial charge in [0.15, 0.2) is 5.57 Å². The Balaban J connectivity index is 2.63. The number of carbonyl (C=O) groups excluding carboxylic acids is 2. The van der Waals surface area contributed by atoms with Gasteiger partial charge in [-0.05, 0) is 13.0 Å². The van der Waals surface area contributed by atoms with Gasteiger partial charge in [0.25, 0.3) is 5.91 Å². The van der Waals surface area contributed by atoms with Gasteiger partial charge in [-0.25, -0.2) is 4.79 Å². The Kier molecular flexibility index (Phi) is 4.23. The first-order valence-corrected chi connectivity index (χ1v) is 6.45. The predicted octanol–water partition coefficient (Wildman–Crippen LogP) is 0.958. The van der Waals surface area contributed by atoms with Crippen LogP contribution in [0.4, 0.5) is 5.69 Å². The maximum Gasteiger partial charge on any atom is 0.349 e. The van der Waals surface area contributed by atoms with E-state index in [-0.39, 0.29) is 12.2 Å². The minimum atomic E-state index is -1.20. The highest BCUT2D eigenvalue weighted by atomic mass is 16.5. The zero-order valence-corrected chi connectivity index (χ0v) is 11.7. The van der Waals surface area contributed by atoms with E-state index in [4.69, 9.17) is 9.84 Å². The normalized spacial score (nSPS) is 15.1. The summed E-state index contributed by atoms with van der Waals surface area (Å²) in [5.74, 6) is -2.80. The number of nitriles is 1. The first kappa shape index (κ1) is 15.3. The molecule has 7 heteroatoms. The van der Waals surface area contributed by atoms with Crippen LogP contribution in [0, 0.1) is 11.3 Å². The van der Waals surface area contributed by atoms with Crippen molar-refractivity contribution in [2.24, 2.45) is 0 Å². The average molecular weight is 300 g/mol. The fraction of sp³-hybridized carbons (Fsp3) is 0.200. The number of anilines is 1. The molecular weight excluding hydrogens is 288 g/mol. The van der Waals surface area contributed by atoms with Crippen molar-refractivity contribution in [1.82, 2.24) is 0 Å². The molecule has 1 aliphatic rings. The van der Waals surface area contributed by atoms with E-state index in [2.05, 4.69) is 0 Å². The quantitative estimate of drug-likeness (QED) is 0.504. The summed E-state index contributed by atoms with van der Waals surface area (Å²) < 4.78 is 4.78. The summed E-state index contributed by atoms with van der Waals surface area (Å²) >= 11 is 0. The van der Waals surface area contributed by atoms with Crippen LogP contribution in [-0.4, -0.2) is 36.1 Å². The molecule has 0 spiro atoms. The summed E-state index contributed by atoms with van der Waals surface area (Å²) in [6.45, 7) is 1.09. The van der Waals surface area contributed by atoms with Crippen LogP contribution >= 0.6 is 0 Å². The number of carbonyl (C=O) groups is 3. The van der Waals surface area contributed by atoms with Gasteiger partial charge in [0.05, 0.1) is 17.9 Å². The molecule has 112 valence electrons. The minimum absolute atomic E-state index is 0.0615. The fourth-order valence-electron chi connectivity index (χ4n) is 2.22. The summed E-state index contributed by atoms with van der Waals surface area (Å²) in [6.07, 6.45) is 0. The topological polar surface area (TPSA) is 108 Å². The smallest absolute Gasteiger partial charge is 0.349 e. The van der Waals surface area contributed by atoms with Crippen LogP contribution in [0.15, 0.2) is 29.8 Å². The van der Waals surface area contributed by atoms with E-state index in [0.29, 0.717) is 11.3 Å². The summed E-state index contributed by atoms with van der Waals surface area (Å²) in [4.78, 5) is 36.3. The summed E-state index contributed by atoms with van der Waals surface area (Å²) in [5, 5.41) is 18.1. The van der Waals surface area contributed by atoms with Crippen molar-refractivity contribution in [1.29, 1.82) is 5.26 Å². The van der Waals surface area contributed by atoms with E-state index in [1.807, 2.05) is 0 Å². The standard InChI is InChI=1S/C15H12N2O5/c1-2-22-15(21)10(7-16)13-9-5-3-4-6-11(9)17(14(13)20)8-12(18)19/h3-6H,2,8H2,1H3,(H,18,19)/b13-10-. The molecule has 0 radical (unpaired) electrons. The lowest BCUT2D eigenvalue weighted by Gasteiger charge is -2.13. The van der Waals surface area contributed by atoms with E-state index >= 15 is 0 Å². The second kappa shape index (κ2) is 6.10. The van der Waals surface area contributed by atoms with Gasteiger partial charge in [-0.1, -0.05) is 18.2 Å². The highest BCUT2D eigenvalue weighted by Crippen LogP contribution is 2.38. The van der Waals surface area contributed by atoms with Crippen molar-refractivity contribution in [3.63, 3.8) is 0 Å². The molecule has 1 aliphatic heterocycles. The predicted molar refractivity (Wildman–Crippen MR) is 75.6 cm³/mol. The van der Waals surface area contributed by atoms with Crippen LogP contribution in [0.2, 0.25) is 0 Å². The van der Waals surface area contributed by atoms with Gasteiger partial charge in [-0.2, -0.15) is 5.26 Å². The number of para-hydroxylation sites is 1. The second-order valence-corrected chi connectivity index (χ2v) is 4.38. The molecule has 22 heavy (non-hydrogen) atoms. The van der Waals surface area contributed by atoms with E-state index < -0.39 is 30.0 Å². The molecule has 2 rings (SSSR count). The summed E-state index contributed by atoms with van der Waals surface area (Å²) in [6, 6.07) is 8.07. The molecule has 0 fully saturated rings. The van der Waals surface area contributed by atoms with Crippen molar-refractivity contribution in [2.45, 2.75) is 6.92 Å². The van der Waals surface area contributed by atoms with Gasteiger partial charge in [-0.15, -0.1) is 0 Å². The number of fused-ring (bicyclic) bond motifs is 1. The van der Waals surface area contributed by atoms with Crippen molar-refractivity contribution >= 4 is 29.1 Å². The van der Waals surface area contributed by atoms with Crippen LogP contribution in [0.1, 0.15) is 12.5 Å².